The average Bonchev–Trinajstić information content (AvgIpc) is 2.61. The van der Waals surface area contributed by atoms with Crippen molar-refractivity contribution in [1.82, 2.24) is 0 Å². The Balaban J connectivity index is 2.47. The summed E-state index contributed by atoms with van der Waals surface area (Å²) in [5, 5.41) is 0. The third-order valence-corrected chi connectivity index (χ3v) is 2.88. The summed E-state index contributed by atoms with van der Waals surface area (Å²) >= 11 is 0. The molecule has 0 spiro atoms. The van der Waals surface area contributed by atoms with Gasteiger partial charge in [0.1, 0.15) is 5.67 Å². The van der Waals surface area contributed by atoms with Gasteiger partial charge in [0.15, 0.2) is 11.5 Å². The highest BCUT2D eigenvalue weighted by Crippen LogP contribution is 2.41. The van der Waals surface area contributed by atoms with Crippen molar-refractivity contribution < 1.29 is 13.9 Å². The van der Waals surface area contributed by atoms with E-state index >= 15 is 0 Å². The van der Waals surface area contributed by atoms with Gasteiger partial charge in [-0.1, -0.05) is 0 Å². The topological polar surface area (TPSA) is 44.5 Å². The molecule has 0 radical (unpaired) electrons. The van der Waals surface area contributed by atoms with E-state index in [1.165, 1.54) is 13.8 Å². The minimum absolute atomic E-state index is 0.184. The predicted molar refractivity (Wildman–Crippen MR) is 68.7 cm³/mol. The Bertz CT molecular complexity index is 458. The van der Waals surface area contributed by atoms with Crippen molar-refractivity contribution in [2.45, 2.75) is 45.3 Å². The monoisotopic (exact) mass is 253 g/mol. The third kappa shape index (κ3) is 2.75. The SMILES string of the molecule is CC(C)(N)Cc1cc(C(C)(C)F)cc2c1OCO2. The summed E-state index contributed by atoms with van der Waals surface area (Å²) < 4.78 is 24.9. The van der Waals surface area contributed by atoms with E-state index < -0.39 is 5.67 Å². The molecule has 0 saturated heterocycles. The fraction of sp³-hybridized carbons (Fsp3) is 0.571. The molecule has 2 N–H and O–H groups in total. The maximum absolute atomic E-state index is 14.1. The molecule has 0 aromatic heterocycles. The molecule has 1 aliphatic heterocycles. The first-order valence-electron chi connectivity index (χ1n) is 6.08. The summed E-state index contributed by atoms with van der Waals surface area (Å²) in [6.07, 6.45) is 0.614. The van der Waals surface area contributed by atoms with Gasteiger partial charge in [-0.3, -0.25) is 0 Å². The number of hydrogen-bond acceptors (Lipinski definition) is 3. The number of hydrogen-bond donors (Lipinski definition) is 1. The molecule has 18 heavy (non-hydrogen) atoms. The van der Waals surface area contributed by atoms with E-state index in [4.69, 9.17) is 15.2 Å². The van der Waals surface area contributed by atoms with Gasteiger partial charge in [-0.15, -0.1) is 0 Å². The van der Waals surface area contributed by atoms with E-state index in [1.807, 2.05) is 19.9 Å². The van der Waals surface area contributed by atoms with Crippen LogP contribution in [-0.2, 0) is 12.1 Å². The van der Waals surface area contributed by atoms with Crippen molar-refractivity contribution in [2.24, 2.45) is 5.73 Å². The molecule has 1 heterocycles. The number of rotatable bonds is 3. The van der Waals surface area contributed by atoms with Gasteiger partial charge in [0, 0.05) is 11.1 Å². The molecule has 100 valence electrons. The second kappa shape index (κ2) is 4.12. The van der Waals surface area contributed by atoms with E-state index in [1.54, 1.807) is 6.07 Å². The third-order valence-electron chi connectivity index (χ3n) is 2.88. The molecule has 2 rings (SSSR count). The van der Waals surface area contributed by atoms with Crippen molar-refractivity contribution >= 4 is 0 Å². The lowest BCUT2D eigenvalue weighted by atomic mass is 9.91. The zero-order valence-corrected chi connectivity index (χ0v) is 11.3. The maximum atomic E-state index is 14.1. The van der Waals surface area contributed by atoms with Crippen LogP contribution in [0.3, 0.4) is 0 Å². The summed E-state index contributed by atoms with van der Waals surface area (Å²) in [4.78, 5) is 0. The van der Waals surface area contributed by atoms with Gasteiger partial charge in [-0.05, 0) is 51.8 Å². The Morgan fingerprint density at radius 1 is 1.22 bits per heavy atom. The molecular weight excluding hydrogens is 233 g/mol. The molecule has 0 atom stereocenters. The first-order valence-corrected chi connectivity index (χ1v) is 6.08. The highest BCUT2D eigenvalue weighted by atomic mass is 19.1. The van der Waals surface area contributed by atoms with Gasteiger partial charge in [0.2, 0.25) is 6.79 Å². The van der Waals surface area contributed by atoms with Gasteiger partial charge >= 0.3 is 0 Å². The van der Waals surface area contributed by atoms with Crippen LogP contribution >= 0.6 is 0 Å². The second-order valence-corrected chi connectivity index (χ2v) is 6.01. The minimum atomic E-state index is -1.41. The summed E-state index contributed by atoms with van der Waals surface area (Å²) in [6.45, 7) is 7.11. The molecule has 0 unspecified atom stereocenters. The molecule has 0 fully saturated rings. The number of benzene rings is 1. The Morgan fingerprint density at radius 3 is 2.44 bits per heavy atom. The molecular formula is C14H20FNO2. The van der Waals surface area contributed by atoms with E-state index in [2.05, 4.69) is 0 Å². The van der Waals surface area contributed by atoms with Gasteiger partial charge in [-0.25, -0.2) is 4.39 Å². The van der Waals surface area contributed by atoms with Crippen molar-refractivity contribution in [3.05, 3.63) is 23.3 Å². The van der Waals surface area contributed by atoms with Crippen molar-refractivity contribution in [3.8, 4) is 11.5 Å². The molecule has 1 aromatic rings. The van der Waals surface area contributed by atoms with Crippen LogP contribution in [-0.4, -0.2) is 12.3 Å². The minimum Gasteiger partial charge on any atom is -0.454 e. The number of alkyl halides is 1. The number of fused-ring (bicyclic) bond motifs is 1. The van der Waals surface area contributed by atoms with Gasteiger partial charge < -0.3 is 15.2 Å². The van der Waals surface area contributed by atoms with Gasteiger partial charge in [-0.2, -0.15) is 0 Å². The summed E-state index contributed by atoms with van der Waals surface area (Å²) in [5.41, 5.74) is 5.74. The first kappa shape index (κ1) is 13.1. The van der Waals surface area contributed by atoms with Crippen LogP contribution in [0.2, 0.25) is 0 Å². The van der Waals surface area contributed by atoms with Crippen LogP contribution in [0, 0.1) is 0 Å². The molecule has 0 amide bonds. The molecule has 1 aromatic carbocycles. The van der Waals surface area contributed by atoms with E-state index in [9.17, 15) is 4.39 Å². The molecule has 0 bridgehead atoms. The number of ether oxygens (including phenoxy) is 2. The van der Waals surface area contributed by atoms with Crippen molar-refractivity contribution in [2.75, 3.05) is 6.79 Å². The Kier molecular flexibility index (Phi) is 3.01. The zero-order valence-electron chi connectivity index (χ0n) is 11.3. The highest BCUT2D eigenvalue weighted by molar-refractivity contribution is 5.52. The smallest absolute Gasteiger partial charge is 0.231 e. The average molecular weight is 253 g/mol. The molecule has 0 saturated carbocycles. The summed E-state index contributed by atoms with van der Waals surface area (Å²) in [6, 6.07) is 3.53. The fourth-order valence-electron chi connectivity index (χ4n) is 2.05. The largest absolute Gasteiger partial charge is 0.454 e. The fourth-order valence-corrected chi connectivity index (χ4v) is 2.05. The number of halogens is 1. The Hall–Kier alpha value is -1.29. The first-order chi connectivity index (χ1) is 8.17. The number of nitrogens with two attached hydrogens (primary N) is 1. The lowest BCUT2D eigenvalue weighted by Gasteiger charge is -2.22. The second-order valence-electron chi connectivity index (χ2n) is 6.01. The van der Waals surface area contributed by atoms with E-state index in [0.29, 0.717) is 23.5 Å². The summed E-state index contributed by atoms with van der Waals surface area (Å²) in [5.74, 6) is 1.30. The lowest BCUT2D eigenvalue weighted by molar-refractivity contribution is 0.172. The van der Waals surface area contributed by atoms with E-state index in [0.717, 1.165) is 5.56 Å². The van der Waals surface area contributed by atoms with Crippen LogP contribution in [0.25, 0.3) is 0 Å². The van der Waals surface area contributed by atoms with Crippen LogP contribution in [0.15, 0.2) is 12.1 Å². The van der Waals surface area contributed by atoms with Crippen molar-refractivity contribution in [1.29, 1.82) is 0 Å². The Labute approximate surface area is 107 Å². The molecule has 4 heteroatoms. The molecule has 3 nitrogen and oxygen atoms in total. The van der Waals surface area contributed by atoms with Crippen molar-refractivity contribution in [3.63, 3.8) is 0 Å². The van der Waals surface area contributed by atoms with Gasteiger partial charge in [0.05, 0.1) is 0 Å². The van der Waals surface area contributed by atoms with Gasteiger partial charge in [0.25, 0.3) is 0 Å². The maximum Gasteiger partial charge on any atom is 0.231 e. The van der Waals surface area contributed by atoms with Crippen LogP contribution in [0.4, 0.5) is 4.39 Å². The molecule has 1 aliphatic rings. The lowest BCUT2D eigenvalue weighted by Crippen LogP contribution is -2.34. The normalized spacial score (nSPS) is 15.0. The predicted octanol–water partition coefficient (Wildman–Crippen LogP) is 2.90. The Morgan fingerprint density at radius 2 is 1.89 bits per heavy atom. The highest BCUT2D eigenvalue weighted by Gasteiger charge is 2.27. The zero-order chi connectivity index (χ0) is 13.6. The molecule has 0 aliphatic carbocycles. The van der Waals surface area contributed by atoms with E-state index in [-0.39, 0.29) is 12.3 Å². The quantitative estimate of drug-likeness (QED) is 0.900. The van der Waals surface area contributed by atoms with Crippen LogP contribution < -0.4 is 15.2 Å². The van der Waals surface area contributed by atoms with Crippen LogP contribution in [0.5, 0.6) is 11.5 Å². The van der Waals surface area contributed by atoms with Crippen LogP contribution in [0.1, 0.15) is 38.8 Å². The summed E-state index contributed by atoms with van der Waals surface area (Å²) in [7, 11) is 0. The standard InChI is InChI=1S/C14H20FNO2/c1-13(2,16)7-9-5-10(14(3,4)15)6-11-12(9)18-8-17-11/h5-6H,7-8,16H2,1-4H3.